The fourth-order valence-corrected chi connectivity index (χ4v) is 1.22. The van der Waals surface area contributed by atoms with Gasteiger partial charge in [-0.25, -0.2) is 0 Å². The van der Waals surface area contributed by atoms with E-state index < -0.39 is 24.7 Å². The Morgan fingerprint density at radius 3 is 2.50 bits per heavy atom. The van der Waals surface area contributed by atoms with Crippen molar-refractivity contribution in [2.24, 2.45) is 0 Å². The molecule has 0 radical (unpaired) electrons. The van der Waals surface area contributed by atoms with Crippen LogP contribution in [0.4, 0.5) is 13.2 Å². The van der Waals surface area contributed by atoms with Crippen molar-refractivity contribution >= 4 is 5.97 Å². The number of halogens is 3. The van der Waals surface area contributed by atoms with Crippen molar-refractivity contribution in [3.05, 3.63) is 24.3 Å². The summed E-state index contributed by atoms with van der Waals surface area (Å²) in [5.74, 6) is -1.36. The molecule has 0 aliphatic rings. The maximum absolute atomic E-state index is 12.5. The van der Waals surface area contributed by atoms with E-state index in [4.69, 9.17) is 9.84 Å². The number of hydrogen-bond acceptors (Lipinski definition) is 3. The molecule has 1 aromatic carbocycles. The molecule has 1 rings (SSSR count). The van der Waals surface area contributed by atoms with E-state index in [1.165, 1.54) is 31.4 Å². The molecule has 0 aliphatic heterocycles. The summed E-state index contributed by atoms with van der Waals surface area (Å²) in [6.45, 7) is 0. The van der Waals surface area contributed by atoms with Gasteiger partial charge in [-0.05, 0) is 12.1 Å². The first kappa shape index (κ1) is 14.1. The zero-order chi connectivity index (χ0) is 13.8. The van der Waals surface area contributed by atoms with Crippen molar-refractivity contribution in [2.75, 3.05) is 7.11 Å². The van der Waals surface area contributed by atoms with Crippen molar-refractivity contribution < 1.29 is 32.5 Å². The summed E-state index contributed by atoms with van der Waals surface area (Å²) < 4.78 is 47.1. The molecular formula is C11H11F3O4. The molecule has 18 heavy (non-hydrogen) atoms. The number of benzene rings is 1. The Labute approximate surface area is 101 Å². The molecule has 0 spiro atoms. The molecule has 0 fully saturated rings. The largest absolute Gasteiger partial charge is 0.497 e. The average Bonchev–Trinajstić information content (AvgIpc) is 2.26. The van der Waals surface area contributed by atoms with Gasteiger partial charge in [0.15, 0.2) is 0 Å². The Hall–Kier alpha value is -1.92. The number of alkyl halides is 3. The third-order valence-electron chi connectivity index (χ3n) is 2.04. The van der Waals surface area contributed by atoms with Crippen LogP contribution in [0.1, 0.15) is 6.42 Å². The van der Waals surface area contributed by atoms with Crippen molar-refractivity contribution in [1.29, 1.82) is 0 Å². The van der Waals surface area contributed by atoms with Gasteiger partial charge in [0.2, 0.25) is 6.10 Å². The summed E-state index contributed by atoms with van der Waals surface area (Å²) >= 11 is 0. The molecule has 0 saturated heterocycles. The van der Waals surface area contributed by atoms with Crippen LogP contribution in [0.5, 0.6) is 11.5 Å². The zero-order valence-electron chi connectivity index (χ0n) is 9.40. The highest BCUT2D eigenvalue weighted by Crippen LogP contribution is 2.28. The molecule has 0 saturated carbocycles. The van der Waals surface area contributed by atoms with Crippen LogP contribution in [0.15, 0.2) is 24.3 Å². The third kappa shape index (κ3) is 4.15. The fraction of sp³-hybridized carbons (Fsp3) is 0.364. The molecule has 0 bridgehead atoms. The van der Waals surface area contributed by atoms with E-state index in [2.05, 4.69) is 4.74 Å². The monoisotopic (exact) mass is 264 g/mol. The first-order valence-electron chi connectivity index (χ1n) is 4.92. The lowest BCUT2D eigenvalue weighted by atomic mass is 10.2. The predicted molar refractivity (Wildman–Crippen MR) is 55.7 cm³/mol. The van der Waals surface area contributed by atoms with Gasteiger partial charge in [0.1, 0.15) is 11.5 Å². The molecule has 1 N–H and O–H groups in total. The highest BCUT2D eigenvalue weighted by Gasteiger charge is 2.43. The first-order chi connectivity index (χ1) is 8.32. The van der Waals surface area contributed by atoms with Gasteiger partial charge in [0.25, 0.3) is 0 Å². The molecule has 0 heterocycles. The smallest absolute Gasteiger partial charge is 0.425 e. The molecule has 0 aromatic heterocycles. The van der Waals surface area contributed by atoms with Crippen molar-refractivity contribution in [1.82, 2.24) is 0 Å². The van der Waals surface area contributed by atoms with Crippen LogP contribution < -0.4 is 9.47 Å². The van der Waals surface area contributed by atoms with E-state index >= 15 is 0 Å². The summed E-state index contributed by atoms with van der Waals surface area (Å²) in [5.41, 5.74) is 0. The summed E-state index contributed by atoms with van der Waals surface area (Å²) in [5, 5.41) is 8.42. The van der Waals surface area contributed by atoms with Crippen LogP contribution in [-0.2, 0) is 4.79 Å². The van der Waals surface area contributed by atoms with Crippen LogP contribution in [0.2, 0.25) is 0 Å². The molecular weight excluding hydrogens is 253 g/mol. The number of aliphatic carboxylic acids is 1. The van der Waals surface area contributed by atoms with Crippen molar-refractivity contribution in [3.63, 3.8) is 0 Å². The Balaban J connectivity index is 2.85. The van der Waals surface area contributed by atoms with E-state index in [0.717, 1.165) is 0 Å². The second kappa shape index (κ2) is 5.61. The van der Waals surface area contributed by atoms with Gasteiger partial charge in [0.05, 0.1) is 13.5 Å². The lowest BCUT2D eigenvalue weighted by Gasteiger charge is -2.20. The van der Waals surface area contributed by atoms with Gasteiger partial charge in [0, 0.05) is 6.07 Å². The quantitative estimate of drug-likeness (QED) is 0.887. The molecule has 0 amide bonds. The molecule has 1 atom stereocenters. The van der Waals surface area contributed by atoms with Gasteiger partial charge < -0.3 is 14.6 Å². The van der Waals surface area contributed by atoms with Gasteiger partial charge in [-0.15, -0.1) is 0 Å². The van der Waals surface area contributed by atoms with Gasteiger partial charge in [-0.1, -0.05) is 6.07 Å². The highest BCUT2D eigenvalue weighted by atomic mass is 19.4. The minimum atomic E-state index is -4.75. The number of carbonyl (C=O) groups is 1. The lowest BCUT2D eigenvalue weighted by molar-refractivity contribution is -0.200. The molecule has 1 aromatic rings. The number of hydrogen-bond donors (Lipinski definition) is 1. The minimum Gasteiger partial charge on any atom is -0.497 e. The number of carboxylic acids is 1. The Morgan fingerprint density at radius 2 is 2.00 bits per heavy atom. The maximum atomic E-state index is 12.5. The number of ether oxygens (including phenoxy) is 2. The second-order valence-electron chi connectivity index (χ2n) is 3.42. The van der Waals surface area contributed by atoms with Gasteiger partial charge >= 0.3 is 12.1 Å². The summed E-state index contributed by atoms with van der Waals surface area (Å²) in [7, 11) is 1.36. The van der Waals surface area contributed by atoms with Crippen LogP contribution in [-0.4, -0.2) is 30.5 Å². The van der Waals surface area contributed by atoms with Crippen molar-refractivity contribution in [3.8, 4) is 11.5 Å². The number of methoxy groups -OCH3 is 1. The zero-order valence-corrected chi connectivity index (χ0v) is 9.40. The SMILES string of the molecule is COc1cccc(OC(CC(=O)O)C(F)(F)F)c1. The molecule has 0 aliphatic carbocycles. The maximum Gasteiger partial charge on any atom is 0.425 e. The van der Waals surface area contributed by atoms with E-state index in [9.17, 15) is 18.0 Å². The van der Waals surface area contributed by atoms with Crippen LogP contribution in [0, 0.1) is 0 Å². The number of carboxylic acid groups (broad SMARTS) is 1. The Morgan fingerprint density at radius 1 is 1.39 bits per heavy atom. The van der Waals surface area contributed by atoms with Crippen LogP contribution in [0.3, 0.4) is 0 Å². The topological polar surface area (TPSA) is 55.8 Å². The molecule has 7 heteroatoms. The summed E-state index contributed by atoms with van der Waals surface area (Å²) in [4.78, 5) is 10.4. The van der Waals surface area contributed by atoms with Crippen LogP contribution >= 0.6 is 0 Å². The molecule has 1 unspecified atom stereocenters. The minimum absolute atomic E-state index is 0.0991. The third-order valence-corrected chi connectivity index (χ3v) is 2.04. The van der Waals surface area contributed by atoms with E-state index in [-0.39, 0.29) is 5.75 Å². The standard InChI is InChI=1S/C11H11F3O4/c1-17-7-3-2-4-8(5-7)18-9(6-10(15)16)11(12,13)14/h2-5,9H,6H2,1H3,(H,15,16). The van der Waals surface area contributed by atoms with Gasteiger partial charge in [-0.3, -0.25) is 4.79 Å². The lowest BCUT2D eigenvalue weighted by Crippen LogP contribution is -2.36. The fourth-order valence-electron chi connectivity index (χ4n) is 1.22. The van der Waals surface area contributed by atoms with E-state index in [0.29, 0.717) is 5.75 Å². The summed E-state index contributed by atoms with van der Waals surface area (Å²) in [6.07, 6.45) is -8.29. The Kier molecular flexibility index (Phi) is 4.41. The number of rotatable bonds is 5. The van der Waals surface area contributed by atoms with Gasteiger partial charge in [-0.2, -0.15) is 13.2 Å². The van der Waals surface area contributed by atoms with Crippen LogP contribution in [0.25, 0.3) is 0 Å². The van der Waals surface area contributed by atoms with E-state index in [1.54, 1.807) is 0 Å². The van der Waals surface area contributed by atoms with Crippen molar-refractivity contribution in [2.45, 2.75) is 18.7 Å². The molecule has 4 nitrogen and oxygen atoms in total. The normalized spacial score (nSPS) is 12.9. The average molecular weight is 264 g/mol. The van der Waals surface area contributed by atoms with E-state index in [1.807, 2.05) is 0 Å². The highest BCUT2D eigenvalue weighted by molar-refractivity contribution is 5.67. The summed E-state index contributed by atoms with van der Waals surface area (Å²) in [6, 6.07) is 5.53. The Bertz CT molecular complexity index is 417. The second-order valence-corrected chi connectivity index (χ2v) is 3.42. The molecule has 100 valence electrons. The predicted octanol–water partition coefficient (Wildman–Crippen LogP) is 2.48. The first-order valence-corrected chi connectivity index (χ1v) is 4.92.